The maximum absolute atomic E-state index is 11.0. The van der Waals surface area contributed by atoms with E-state index in [2.05, 4.69) is 0 Å². The van der Waals surface area contributed by atoms with Crippen LogP contribution in [0.1, 0.15) is 5.56 Å². The number of ether oxygens (including phenoxy) is 1. The number of carbonyl (C=O) groups is 1. The third-order valence-electron chi connectivity index (χ3n) is 2.15. The van der Waals surface area contributed by atoms with Crippen LogP contribution >= 0.6 is 0 Å². The molecule has 0 amide bonds. The number of esters is 1. The molecule has 14 heavy (non-hydrogen) atoms. The number of benzene rings is 1. The molecule has 1 aromatic carbocycles. The van der Waals surface area contributed by atoms with Gasteiger partial charge >= 0.3 is 5.97 Å². The Labute approximate surface area is 81.6 Å². The molecule has 72 valence electrons. The number of carbonyl (C=O) groups excluding carboxylic acids is 1. The summed E-state index contributed by atoms with van der Waals surface area (Å²) in [6.07, 6.45) is 0.917. The highest BCUT2D eigenvalue weighted by Gasteiger charge is 2.25. The van der Waals surface area contributed by atoms with Crippen LogP contribution in [0, 0.1) is 0 Å². The smallest absolute Gasteiger partial charge is 0.331 e. The van der Waals surface area contributed by atoms with Gasteiger partial charge in [-0.1, -0.05) is 30.3 Å². The Morgan fingerprint density at radius 2 is 2.00 bits per heavy atom. The van der Waals surface area contributed by atoms with Crippen molar-refractivity contribution in [2.75, 3.05) is 6.61 Å². The zero-order chi connectivity index (χ0) is 9.97. The predicted molar refractivity (Wildman–Crippen MR) is 51.4 cm³/mol. The number of hydrogen-bond acceptors (Lipinski definition) is 3. The first-order chi connectivity index (χ1) is 6.81. The Hall–Kier alpha value is -1.61. The lowest BCUT2D eigenvalue weighted by atomic mass is 10.0. The summed E-state index contributed by atoms with van der Waals surface area (Å²) in [5, 5.41) is 9.00. The number of hydrogen-bond donors (Lipinski definition) is 1. The van der Waals surface area contributed by atoms with Gasteiger partial charge in [0.15, 0.2) is 6.10 Å². The third kappa shape index (κ3) is 1.54. The van der Waals surface area contributed by atoms with E-state index >= 15 is 0 Å². The van der Waals surface area contributed by atoms with Crippen LogP contribution in [0.5, 0.6) is 0 Å². The average Bonchev–Trinajstić information content (AvgIpc) is 2.61. The number of aliphatic hydroxyl groups is 1. The fourth-order valence-corrected chi connectivity index (χ4v) is 1.49. The van der Waals surface area contributed by atoms with Crippen molar-refractivity contribution in [1.29, 1.82) is 0 Å². The van der Waals surface area contributed by atoms with Gasteiger partial charge in [-0.2, -0.15) is 0 Å². The van der Waals surface area contributed by atoms with Gasteiger partial charge in [0.2, 0.25) is 0 Å². The monoisotopic (exact) mass is 190 g/mol. The Kier molecular flexibility index (Phi) is 2.33. The van der Waals surface area contributed by atoms with Crippen molar-refractivity contribution in [1.82, 2.24) is 0 Å². The summed E-state index contributed by atoms with van der Waals surface area (Å²) in [4.78, 5) is 11.0. The molecule has 0 saturated carbocycles. The van der Waals surface area contributed by atoms with Gasteiger partial charge in [-0.3, -0.25) is 0 Å². The first-order valence-corrected chi connectivity index (χ1v) is 4.40. The Balaban J connectivity index is 2.34. The van der Waals surface area contributed by atoms with Gasteiger partial charge < -0.3 is 9.84 Å². The molecule has 1 atom stereocenters. The Morgan fingerprint density at radius 1 is 1.29 bits per heavy atom. The lowest BCUT2D eigenvalue weighted by Crippen LogP contribution is -2.15. The van der Waals surface area contributed by atoms with Crippen molar-refractivity contribution >= 4 is 11.5 Å². The predicted octanol–water partition coefficient (Wildman–Crippen LogP) is 0.988. The van der Waals surface area contributed by atoms with Crippen LogP contribution in [0.25, 0.3) is 5.57 Å². The molecule has 1 aliphatic rings. The topological polar surface area (TPSA) is 46.5 Å². The van der Waals surface area contributed by atoms with Crippen molar-refractivity contribution in [3.63, 3.8) is 0 Å². The maximum atomic E-state index is 11.0. The van der Waals surface area contributed by atoms with E-state index in [1.165, 1.54) is 6.08 Å². The molecule has 0 bridgehead atoms. The molecule has 3 nitrogen and oxygen atoms in total. The fraction of sp³-hybridized carbons (Fsp3) is 0.182. The van der Waals surface area contributed by atoms with E-state index in [1.54, 1.807) is 0 Å². The van der Waals surface area contributed by atoms with E-state index in [9.17, 15) is 4.79 Å². The summed E-state index contributed by atoms with van der Waals surface area (Å²) >= 11 is 0. The van der Waals surface area contributed by atoms with E-state index < -0.39 is 6.10 Å². The molecule has 0 spiro atoms. The first-order valence-electron chi connectivity index (χ1n) is 4.40. The van der Waals surface area contributed by atoms with E-state index in [4.69, 9.17) is 9.84 Å². The molecule has 0 fully saturated rings. The molecule has 2 rings (SSSR count). The zero-order valence-electron chi connectivity index (χ0n) is 7.51. The molecule has 1 aliphatic heterocycles. The summed E-state index contributed by atoms with van der Waals surface area (Å²) in [6, 6.07) is 9.43. The standard InChI is InChI=1S/C11H10O3/c12-7-10-9(6-11(13)14-10)8-4-2-1-3-5-8/h1-6,10,12H,7H2/t10-/m1/s1. The summed E-state index contributed by atoms with van der Waals surface area (Å²) in [5.74, 6) is -0.386. The van der Waals surface area contributed by atoms with Gasteiger partial charge in [-0.05, 0) is 5.56 Å². The van der Waals surface area contributed by atoms with Crippen LogP contribution in [0.3, 0.4) is 0 Å². The van der Waals surface area contributed by atoms with Gasteiger partial charge in [0.1, 0.15) is 0 Å². The molecule has 1 N–H and O–H groups in total. The molecule has 1 aromatic rings. The molecule has 0 aliphatic carbocycles. The Bertz CT molecular complexity index is 367. The zero-order valence-corrected chi connectivity index (χ0v) is 7.51. The van der Waals surface area contributed by atoms with E-state index in [1.807, 2.05) is 30.3 Å². The molecule has 3 heteroatoms. The van der Waals surface area contributed by atoms with Gasteiger partial charge in [0, 0.05) is 11.6 Å². The molecule has 0 radical (unpaired) electrons. The molecule has 0 unspecified atom stereocenters. The minimum absolute atomic E-state index is 0.174. The second kappa shape index (κ2) is 3.64. The van der Waals surface area contributed by atoms with E-state index in [0.717, 1.165) is 11.1 Å². The van der Waals surface area contributed by atoms with E-state index in [0.29, 0.717) is 0 Å². The van der Waals surface area contributed by atoms with Gasteiger partial charge in [-0.25, -0.2) is 4.79 Å². The maximum Gasteiger partial charge on any atom is 0.331 e. The van der Waals surface area contributed by atoms with Gasteiger partial charge in [-0.15, -0.1) is 0 Å². The Morgan fingerprint density at radius 3 is 2.64 bits per heavy atom. The highest BCUT2D eigenvalue weighted by molar-refractivity contribution is 5.97. The van der Waals surface area contributed by atoms with Crippen molar-refractivity contribution in [2.45, 2.75) is 6.10 Å². The summed E-state index contributed by atoms with van der Waals surface area (Å²) in [7, 11) is 0. The molecule has 1 heterocycles. The molecular weight excluding hydrogens is 180 g/mol. The lowest BCUT2D eigenvalue weighted by molar-refractivity contribution is -0.139. The van der Waals surface area contributed by atoms with Crippen molar-refractivity contribution in [2.24, 2.45) is 0 Å². The average molecular weight is 190 g/mol. The van der Waals surface area contributed by atoms with Crippen LogP contribution in [0.2, 0.25) is 0 Å². The summed E-state index contributed by atoms with van der Waals surface area (Å²) in [6.45, 7) is -0.174. The second-order valence-electron chi connectivity index (χ2n) is 3.07. The van der Waals surface area contributed by atoms with Crippen LogP contribution < -0.4 is 0 Å². The SMILES string of the molecule is O=C1C=C(c2ccccc2)[C@@H](CO)O1. The quantitative estimate of drug-likeness (QED) is 0.707. The van der Waals surface area contributed by atoms with Crippen LogP contribution in [-0.4, -0.2) is 23.8 Å². The van der Waals surface area contributed by atoms with Crippen LogP contribution in [-0.2, 0) is 9.53 Å². The van der Waals surface area contributed by atoms with Gasteiger partial charge in [0.05, 0.1) is 6.61 Å². The summed E-state index contributed by atoms with van der Waals surface area (Å²) in [5.41, 5.74) is 1.66. The minimum Gasteiger partial charge on any atom is -0.452 e. The van der Waals surface area contributed by atoms with Crippen molar-refractivity contribution in [3.8, 4) is 0 Å². The fourth-order valence-electron chi connectivity index (χ4n) is 1.49. The van der Waals surface area contributed by atoms with Crippen LogP contribution in [0.4, 0.5) is 0 Å². The third-order valence-corrected chi connectivity index (χ3v) is 2.15. The van der Waals surface area contributed by atoms with Crippen LogP contribution in [0.15, 0.2) is 36.4 Å². The normalized spacial score (nSPS) is 20.5. The molecule has 0 saturated heterocycles. The second-order valence-corrected chi connectivity index (χ2v) is 3.07. The van der Waals surface area contributed by atoms with Crippen molar-refractivity contribution < 1.29 is 14.6 Å². The van der Waals surface area contributed by atoms with Gasteiger partial charge in [0.25, 0.3) is 0 Å². The molecular formula is C11H10O3. The highest BCUT2D eigenvalue weighted by Crippen LogP contribution is 2.25. The first kappa shape index (κ1) is 8.97. The molecule has 0 aromatic heterocycles. The number of rotatable bonds is 2. The van der Waals surface area contributed by atoms with Crippen molar-refractivity contribution in [3.05, 3.63) is 42.0 Å². The highest BCUT2D eigenvalue weighted by atomic mass is 16.6. The number of aliphatic hydroxyl groups excluding tert-OH is 1. The largest absolute Gasteiger partial charge is 0.452 e. The minimum atomic E-state index is -0.509. The lowest BCUT2D eigenvalue weighted by Gasteiger charge is -2.10. The summed E-state index contributed by atoms with van der Waals surface area (Å²) < 4.78 is 4.90. The number of cyclic esters (lactones) is 1. The van der Waals surface area contributed by atoms with E-state index in [-0.39, 0.29) is 12.6 Å².